The molecule has 1 aromatic carbocycles. The quantitative estimate of drug-likeness (QED) is 0.605. The molecular formula is C15H16N2O4. The zero-order valence-electron chi connectivity index (χ0n) is 11.5. The number of aliphatic hydroxyl groups is 1. The SMILES string of the molecule is O=C1CNC(=O)N1CCOc1ccc(C#CCCO)cc1. The van der Waals surface area contributed by atoms with E-state index in [1.165, 1.54) is 0 Å². The number of urea groups is 1. The van der Waals surface area contributed by atoms with Gasteiger partial charge in [0.25, 0.3) is 0 Å². The average Bonchev–Trinajstić information content (AvgIpc) is 2.81. The van der Waals surface area contributed by atoms with E-state index in [2.05, 4.69) is 17.2 Å². The topological polar surface area (TPSA) is 78.9 Å². The standard InChI is InChI=1S/C15H16N2O4/c18-9-2-1-3-12-4-6-13(7-5-12)21-10-8-17-14(19)11-16-15(17)20/h4-7,18H,2,8-11H2,(H,16,20). The lowest BCUT2D eigenvalue weighted by atomic mass is 10.2. The van der Waals surface area contributed by atoms with Crippen LogP contribution in [0, 0.1) is 11.8 Å². The fourth-order valence-corrected chi connectivity index (χ4v) is 1.79. The van der Waals surface area contributed by atoms with Gasteiger partial charge in [0, 0.05) is 12.0 Å². The van der Waals surface area contributed by atoms with Crippen LogP contribution in [0.1, 0.15) is 12.0 Å². The summed E-state index contributed by atoms with van der Waals surface area (Å²) in [7, 11) is 0. The summed E-state index contributed by atoms with van der Waals surface area (Å²) in [6.45, 7) is 0.578. The molecule has 110 valence electrons. The van der Waals surface area contributed by atoms with Gasteiger partial charge in [0.1, 0.15) is 12.4 Å². The van der Waals surface area contributed by atoms with Gasteiger partial charge in [0.2, 0.25) is 5.91 Å². The fraction of sp³-hybridized carbons (Fsp3) is 0.333. The third kappa shape index (κ3) is 4.23. The third-order valence-electron chi connectivity index (χ3n) is 2.84. The Balaban J connectivity index is 1.80. The van der Waals surface area contributed by atoms with E-state index in [-0.39, 0.29) is 38.2 Å². The Morgan fingerprint density at radius 2 is 2.05 bits per heavy atom. The van der Waals surface area contributed by atoms with Crippen LogP contribution in [0.3, 0.4) is 0 Å². The maximum absolute atomic E-state index is 11.4. The molecule has 1 aliphatic heterocycles. The van der Waals surface area contributed by atoms with E-state index in [1.807, 2.05) is 12.1 Å². The average molecular weight is 288 g/mol. The van der Waals surface area contributed by atoms with E-state index in [0.717, 1.165) is 10.5 Å². The molecule has 6 nitrogen and oxygen atoms in total. The van der Waals surface area contributed by atoms with Crippen molar-refractivity contribution in [1.29, 1.82) is 0 Å². The Bertz CT molecular complexity index is 556. The molecule has 0 atom stereocenters. The van der Waals surface area contributed by atoms with Gasteiger partial charge in [0.05, 0.1) is 19.7 Å². The zero-order valence-corrected chi connectivity index (χ0v) is 11.5. The molecule has 0 bridgehead atoms. The summed E-state index contributed by atoms with van der Waals surface area (Å²) in [5.41, 5.74) is 0.838. The summed E-state index contributed by atoms with van der Waals surface area (Å²) in [6, 6.07) is 6.79. The number of benzene rings is 1. The second-order valence-corrected chi connectivity index (χ2v) is 4.35. The first-order valence-electron chi connectivity index (χ1n) is 6.61. The van der Waals surface area contributed by atoms with E-state index in [0.29, 0.717) is 12.2 Å². The predicted octanol–water partition coefficient (Wildman–Crippen LogP) is 0.351. The highest BCUT2D eigenvalue weighted by molar-refractivity contribution is 6.01. The molecule has 0 radical (unpaired) electrons. The molecule has 3 amide bonds. The summed E-state index contributed by atoms with van der Waals surface area (Å²) in [4.78, 5) is 23.8. The molecule has 2 N–H and O–H groups in total. The lowest BCUT2D eigenvalue weighted by Gasteiger charge is -2.12. The highest BCUT2D eigenvalue weighted by Gasteiger charge is 2.27. The largest absolute Gasteiger partial charge is 0.492 e. The first-order chi connectivity index (χ1) is 10.2. The Hall–Kier alpha value is -2.52. The van der Waals surface area contributed by atoms with Crippen molar-refractivity contribution in [3.05, 3.63) is 29.8 Å². The molecule has 21 heavy (non-hydrogen) atoms. The Labute approximate surface area is 122 Å². The molecule has 1 aliphatic rings. The van der Waals surface area contributed by atoms with Crippen molar-refractivity contribution in [1.82, 2.24) is 10.2 Å². The van der Waals surface area contributed by atoms with Crippen molar-refractivity contribution >= 4 is 11.9 Å². The van der Waals surface area contributed by atoms with Gasteiger partial charge in [0.15, 0.2) is 0 Å². The van der Waals surface area contributed by atoms with Crippen molar-refractivity contribution in [2.75, 3.05) is 26.3 Å². The Morgan fingerprint density at radius 1 is 1.29 bits per heavy atom. The number of carbonyl (C=O) groups excluding carboxylic acids is 2. The van der Waals surface area contributed by atoms with Crippen molar-refractivity contribution in [2.24, 2.45) is 0 Å². The van der Waals surface area contributed by atoms with Crippen LogP contribution in [0.4, 0.5) is 4.79 Å². The minimum Gasteiger partial charge on any atom is -0.492 e. The molecule has 0 unspecified atom stereocenters. The van der Waals surface area contributed by atoms with Crippen LogP contribution in [0.2, 0.25) is 0 Å². The highest BCUT2D eigenvalue weighted by Crippen LogP contribution is 2.11. The maximum Gasteiger partial charge on any atom is 0.324 e. The Kier molecular flexibility index (Phi) is 5.18. The van der Waals surface area contributed by atoms with Gasteiger partial charge < -0.3 is 15.2 Å². The van der Waals surface area contributed by atoms with Crippen molar-refractivity contribution in [3.63, 3.8) is 0 Å². The molecule has 0 saturated carbocycles. The highest BCUT2D eigenvalue weighted by atomic mass is 16.5. The number of imide groups is 1. The van der Waals surface area contributed by atoms with Gasteiger partial charge in [-0.1, -0.05) is 11.8 Å². The lowest BCUT2D eigenvalue weighted by molar-refractivity contribution is -0.125. The van der Waals surface area contributed by atoms with Crippen molar-refractivity contribution < 1.29 is 19.4 Å². The number of nitrogens with zero attached hydrogens (tertiary/aromatic N) is 1. The number of carbonyl (C=O) groups is 2. The summed E-state index contributed by atoms with van der Waals surface area (Å²) >= 11 is 0. The van der Waals surface area contributed by atoms with E-state index in [4.69, 9.17) is 9.84 Å². The van der Waals surface area contributed by atoms with E-state index in [9.17, 15) is 9.59 Å². The van der Waals surface area contributed by atoms with Gasteiger partial charge >= 0.3 is 6.03 Å². The molecule has 0 aliphatic carbocycles. The molecule has 1 heterocycles. The van der Waals surface area contributed by atoms with Crippen LogP contribution in [0.25, 0.3) is 0 Å². The second-order valence-electron chi connectivity index (χ2n) is 4.35. The number of amides is 3. The summed E-state index contributed by atoms with van der Waals surface area (Å²) in [5, 5.41) is 11.1. The van der Waals surface area contributed by atoms with Crippen LogP contribution in [0.5, 0.6) is 5.75 Å². The molecule has 2 rings (SSSR count). The molecular weight excluding hydrogens is 272 g/mol. The monoisotopic (exact) mass is 288 g/mol. The number of hydrogen-bond acceptors (Lipinski definition) is 4. The lowest BCUT2D eigenvalue weighted by Crippen LogP contribution is -2.34. The van der Waals surface area contributed by atoms with E-state index >= 15 is 0 Å². The second kappa shape index (κ2) is 7.31. The number of nitrogens with one attached hydrogen (secondary N) is 1. The van der Waals surface area contributed by atoms with Gasteiger partial charge in [-0.25, -0.2) is 4.79 Å². The number of rotatable bonds is 5. The van der Waals surface area contributed by atoms with Crippen LogP contribution in [0.15, 0.2) is 24.3 Å². The van der Waals surface area contributed by atoms with Gasteiger partial charge in [-0.3, -0.25) is 9.69 Å². The summed E-state index contributed by atoms with van der Waals surface area (Å²) < 4.78 is 5.48. The first kappa shape index (κ1) is 14.9. The van der Waals surface area contributed by atoms with Crippen LogP contribution in [-0.2, 0) is 4.79 Å². The van der Waals surface area contributed by atoms with Gasteiger partial charge in [-0.2, -0.15) is 0 Å². The molecule has 0 spiro atoms. The van der Waals surface area contributed by atoms with Gasteiger partial charge in [-0.05, 0) is 24.3 Å². The van der Waals surface area contributed by atoms with Crippen LogP contribution >= 0.6 is 0 Å². The first-order valence-corrected chi connectivity index (χ1v) is 6.61. The van der Waals surface area contributed by atoms with E-state index in [1.54, 1.807) is 12.1 Å². The minimum absolute atomic E-state index is 0.0526. The van der Waals surface area contributed by atoms with E-state index < -0.39 is 0 Å². The maximum atomic E-state index is 11.4. The summed E-state index contributed by atoms with van der Waals surface area (Å²) in [6.07, 6.45) is 0.449. The van der Waals surface area contributed by atoms with Crippen LogP contribution < -0.4 is 10.1 Å². The molecule has 0 aromatic heterocycles. The third-order valence-corrected chi connectivity index (χ3v) is 2.84. The molecule has 1 saturated heterocycles. The number of aliphatic hydroxyl groups excluding tert-OH is 1. The molecule has 1 aromatic rings. The molecule has 6 heteroatoms. The fourth-order valence-electron chi connectivity index (χ4n) is 1.79. The summed E-state index contributed by atoms with van der Waals surface area (Å²) in [5.74, 6) is 6.16. The molecule has 1 fully saturated rings. The van der Waals surface area contributed by atoms with Crippen molar-refractivity contribution in [3.8, 4) is 17.6 Å². The smallest absolute Gasteiger partial charge is 0.324 e. The number of ether oxygens (including phenoxy) is 1. The Morgan fingerprint density at radius 3 is 2.67 bits per heavy atom. The predicted molar refractivity (Wildman–Crippen MR) is 75.6 cm³/mol. The van der Waals surface area contributed by atoms with Gasteiger partial charge in [-0.15, -0.1) is 0 Å². The zero-order chi connectivity index (χ0) is 15.1. The number of hydrogen-bond donors (Lipinski definition) is 2. The van der Waals surface area contributed by atoms with Crippen LogP contribution in [-0.4, -0.2) is 48.2 Å². The minimum atomic E-state index is -0.377. The van der Waals surface area contributed by atoms with Crippen molar-refractivity contribution in [2.45, 2.75) is 6.42 Å². The normalized spacial score (nSPS) is 13.7.